The summed E-state index contributed by atoms with van der Waals surface area (Å²) in [5.74, 6) is 0.587. The molecule has 1 aromatic carbocycles. The third-order valence-corrected chi connectivity index (χ3v) is 3.91. The lowest BCUT2D eigenvalue weighted by atomic mass is 10.1. The Hall–Kier alpha value is -1.92. The molecule has 6 heteroatoms. The zero-order valence-corrected chi connectivity index (χ0v) is 12.0. The molecule has 2 fully saturated rings. The normalized spacial score (nSPS) is 24.6. The average molecular weight is 288 g/mol. The number of hydrazine groups is 1. The number of hydrogen-bond acceptors (Lipinski definition) is 4. The van der Waals surface area contributed by atoms with E-state index in [1.807, 2.05) is 0 Å². The third-order valence-electron chi connectivity index (χ3n) is 3.91. The van der Waals surface area contributed by atoms with E-state index in [4.69, 9.17) is 0 Å². The van der Waals surface area contributed by atoms with Gasteiger partial charge in [-0.3, -0.25) is 15.0 Å². The van der Waals surface area contributed by atoms with Gasteiger partial charge in [-0.05, 0) is 49.4 Å². The van der Waals surface area contributed by atoms with Crippen LogP contribution in [0, 0.1) is 5.92 Å². The van der Waals surface area contributed by atoms with Crippen LogP contribution in [0.15, 0.2) is 24.3 Å². The van der Waals surface area contributed by atoms with Gasteiger partial charge in [0, 0.05) is 24.3 Å². The largest absolute Gasteiger partial charge is 0.326 e. The Kier molecular flexibility index (Phi) is 3.90. The highest BCUT2D eigenvalue weighted by molar-refractivity contribution is 5.95. The highest BCUT2D eigenvalue weighted by atomic mass is 16.2. The van der Waals surface area contributed by atoms with Gasteiger partial charge in [0.2, 0.25) is 11.8 Å². The summed E-state index contributed by atoms with van der Waals surface area (Å²) in [6.45, 7) is 1.46. The molecule has 6 nitrogen and oxygen atoms in total. The van der Waals surface area contributed by atoms with Crippen LogP contribution in [-0.2, 0) is 9.59 Å². The maximum atomic E-state index is 12.2. The van der Waals surface area contributed by atoms with E-state index in [1.165, 1.54) is 19.8 Å². The molecule has 0 radical (unpaired) electrons. The zero-order valence-electron chi connectivity index (χ0n) is 12.0. The summed E-state index contributed by atoms with van der Waals surface area (Å²) < 4.78 is 0. The Labute approximate surface area is 123 Å². The summed E-state index contributed by atoms with van der Waals surface area (Å²) >= 11 is 0. The topological polar surface area (TPSA) is 82.3 Å². The summed E-state index contributed by atoms with van der Waals surface area (Å²) in [4.78, 5) is 23.1. The van der Waals surface area contributed by atoms with Gasteiger partial charge in [-0.15, -0.1) is 0 Å². The average Bonchev–Trinajstić information content (AvgIpc) is 3.18. The Morgan fingerprint density at radius 3 is 2.24 bits per heavy atom. The number of carbonyl (C=O) groups is 2. The molecule has 4 N–H and O–H groups in total. The van der Waals surface area contributed by atoms with Crippen LogP contribution in [0.1, 0.15) is 26.2 Å². The summed E-state index contributed by atoms with van der Waals surface area (Å²) in [7, 11) is 0. The number of hydrogen-bond donors (Lipinski definition) is 4. The van der Waals surface area contributed by atoms with Gasteiger partial charge in [0.25, 0.3) is 0 Å². The molecule has 2 unspecified atom stereocenters. The molecule has 2 amide bonds. The molecule has 1 aliphatic carbocycles. The minimum atomic E-state index is -0.189. The van der Waals surface area contributed by atoms with Gasteiger partial charge in [-0.2, -0.15) is 0 Å². The number of amides is 2. The SMILES string of the molecule is CC(=O)Nc1ccc(NC(=O)C2CC(C3CC3)NN2)cc1. The molecule has 3 rings (SSSR count). The molecule has 1 saturated heterocycles. The highest BCUT2D eigenvalue weighted by Crippen LogP contribution is 2.35. The first-order valence-electron chi connectivity index (χ1n) is 7.31. The summed E-state index contributed by atoms with van der Waals surface area (Å²) in [6, 6.07) is 7.33. The van der Waals surface area contributed by atoms with Crippen molar-refractivity contribution in [3.8, 4) is 0 Å². The Bertz CT molecular complexity index is 539. The second kappa shape index (κ2) is 5.83. The van der Waals surface area contributed by atoms with E-state index in [-0.39, 0.29) is 17.9 Å². The van der Waals surface area contributed by atoms with Crippen molar-refractivity contribution in [2.45, 2.75) is 38.3 Å². The molecular weight excluding hydrogens is 268 g/mol. The first-order chi connectivity index (χ1) is 10.1. The third kappa shape index (κ3) is 3.59. The highest BCUT2D eigenvalue weighted by Gasteiger charge is 2.38. The van der Waals surface area contributed by atoms with Gasteiger partial charge in [-0.25, -0.2) is 5.43 Å². The van der Waals surface area contributed by atoms with Crippen LogP contribution in [0.5, 0.6) is 0 Å². The fraction of sp³-hybridized carbons (Fsp3) is 0.467. The van der Waals surface area contributed by atoms with Crippen LogP contribution < -0.4 is 21.5 Å². The van der Waals surface area contributed by atoms with Gasteiger partial charge < -0.3 is 10.6 Å². The van der Waals surface area contributed by atoms with Crippen molar-refractivity contribution >= 4 is 23.2 Å². The molecule has 112 valence electrons. The van der Waals surface area contributed by atoms with Crippen LogP contribution in [-0.4, -0.2) is 23.9 Å². The molecule has 0 aromatic heterocycles. The molecular formula is C15H20N4O2. The quantitative estimate of drug-likeness (QED) is 0.671. The van der Waals surface area contributed by atoms with Crippen molar-refractivity contribution < 1.29 is 9.59 Å². The van der Waals surface area contributed by atoms with Gasteiger partial charge in [0.15, 0.2) is 0 Å². The lowest BCUT2D eigenvalue weighted by molar-refractivity contribution is -0.118. The molecule has 2 aliphatic rings. The second-order valence-corrected chi connectivity index (χ2v) is 5.77. The Morgan fingerprint density at radius 2 is 1.67 bits per heavy atom. The minimum absolute atomic E-state index is 0.0297. The summed E-state index contributed by atoms with van der Waals surface area (Å²) in [5, 5.41) is 5.58. The predicted molar refractivity (Wildman–Crippen MR) is 80.6 cm³/mol. The summed E-state index contributed by atoms with van der Waals surface area (Å²) in [5.41, 5.74) is 7.72. The Morgan fingerprint density at radius 1 is 1.05 bits per heavy atom. The van der Waals surface area contributed by atoms with Gasteiger partial charge in [0.1, 0.15) is 6.04 Å². The van der Waals surface area contributed by atoms with E-state index in [1.54, 1.807) is 24.3 Å². The molecule has 0 spiro atoms. The van der Waals surface area contributed by atoms with Crippen molar-refractivity contribution in [1.29, 1.82) is 0 Å². The van der Waals surface area contributed by atoms with Gasteiger partial charge in [-0.1, -0.05) is 0 Å². The molecule has 1 aromatic rings. The van der Waals surface area contributed by atoms with Gasteiger partial charge >= 0.3 is 0 Å². The maximum Gasteiger partial charge on any atom is 0.242 e. The molecule has 21 heavy (non-hydrogen) atoms. The first-order valence-corrected chi connectivity index (χ1v) is 7.31. The molecule has 1 saturated carbocycles. The van der Waals surface area contributed by atoms with E-state index in [9.17, 15) is 9.59 Å². The molecule has 1 aliphatic heterocycles. The van der Waals surface area contributed by atoms with E-state index in [0.29, 0.717) is 6.04 Å². The number of anilines is 2. The van der Waals surface area contributed by atoms with Crippen molar-refractivity contribution in [3.63, 3.8) is 0 Å². The van der Waals surface area contributed by atoms with Crippen LogP contribution in [0.2, 0.25) is 0 Å². The number of nitrogens with one attached hydrogen (secondary N) is 4. The van der Waals surface area contributed by atoms with Crippen LogP contribution in [0.25, 0.3) is 0 Å². The van der Waals surface area contributed by atoms with E-state index >= 15 is 0 Å². The molecule has 0 bridgehead atoms. The number of rotatable bonds is 4. The monoisotopic (exact) mass is 288 g/mol. The van der Waals surface area contributed by atoms with E-state index in [0.717, 1.165) is 23.7 Å². The maximum absolute atomic E-state index is 12.2. The lowest BCUT2D eigenvalue weighted by Crippen LogP contribution is -2.40. The fourth-order valence-electron chi connectivity index (χ4n) is 2.63. The van der Waals surface area contributed by atoms with E-state index in [2.05, 4.69) is 21.5 Å². The lowest BCUT2D eigenvalue weighted by Gasteiger charge is -2.11. The smallest absolute Gasteiger partial charge is 0.242 e. The predicted octanol–water partition coefficient (Wildman–Crippen LogP) is 1.23. The minimum Gasteiger partial charge on any atom is -0.326 e. The number of carbonyl (C=O) groups excluding carboxylic acids is 2. The van der Waals surface area contributed by atoms with Gasteiger partial charge in [0.05, 0.1) is 0 Å². The van der Waals surface area contributed by atoms with Crippen LogP contribution in [0.3, 0.4) is 0 Å². The molecule has 2 atom stereocenters. The first kappa shape index (κ1) is 14.0. The van der Waals surface area contributed by atoms with Crippen LogP contribution >= 0.6 is 0 Å². The van der Waals surface area contributed by atoms with Crippen molar-refractivity contribution in [3.05, 3.63) is 24.3 Å². The van der Waals surface area contributed by atoms with Crippen molar-refractivity contribution in [2.75, 3.05) is 10.6 Å². The number of benzene rings is 1. The van der Waals surface area contributed by atoms with Crippen molar-refractivity contribution in [1.82, 2.24) is 10.9 Å². The second-order valence-electron chi connectivity index (χ2n) is 5.77. The summed E-state index contributed by atoms with van der Waals surface area (Å²) in [6.07, 6.45) is 3.36. The Balaban J connectivity index is 1.53. The zero-order chi connectivity index (χ0) is 14.8. The molecule has 1 heterocycles. The standard InChI is InChI=1S/C15H20N4O2/c1-9(20)16-11-4-6-12(7-5-11)17-15(21)14-8-13(18-19-14)10-2-3-10/h4-7,10,13-14,18-19H,2-3,8H2,1H3,(H,16,20)(H,17,21). The van der Waals surface area contributed by atoms with Crippen LogP contribution in [0.4, 0.5) is 11.4 Å². The van der Waals surface area contributed by atoms with Crippen molar-refractivity contribution in [2.24, 2.45) is 5.92 Å². The fourth-order valence-corrected chi connectivity index (χ4v) is 2.63. The van der Waals surface area contributed by atoms with E-state index < -0.39 is 0 Å².